The molecule has 3 aromatic carbocycles. The van der Waals surface area contributed by atoms with E-state index in [2.05, 4.69) is 11.4 Å². The zero-order valence-corrected chi connectivity index (χ0v) is 16.2. The van der Waals surface area contributed by atoms with E-state index in [1.165, 1.54) is 5.56 Å². The van der Waals surface area contributed by atoms with Gasteiger partial charge >= 0.3 is 0 Å². The van der Waals surface area contributed by atoms with E-state index in [1.807, 2.05) is 25.1 Å². The molecule has 0 saturated heterocycles. The number of fused-ring (bicyclic) bond motifs is 1. The van der Waals surface area contributed by atoms with Crippen molar-refractivity contribution in [2.45, 2.75) is 13.3 Å². The minimum absolute atomic E-state index is 0.0505. The molecule has 0 aromatic heterocycles. The van der Waals surface area contributed by atoms with Crippen molar-refractivity contribution < 1.29 is 9.59 Å². The SMILES string of the molecule is Cc1cc(Cl)ccc1NC(=O)c1ccc(C(=O)N2CCc3ccccc32)cc1. The number of rotatable bonds is 3. The van der Waals surface area contributed by atoms with Gasteiger partial charge in [-0.25, -0.2) is 0 Å². The van der Waals surface area contributed by atoms with E-state index in [1.54, 1.807) is 47.4 Å². The van der Waals surface area contributed by atoms with E-state index in [0.29, 0.717) is 28.4 Å². The Morgan fingerprint density at radius 1 is 0.964 bits per heavy atom. The van der Waals surface area contributed by atoms with Gasteiger partial charge in [0.15, 0.2) is 0 Å². The number of nitrogens with zero attached hydrogens (tertiary/aromatic N) is 1. The molecular formula is C23H19ClN2O2. The van der Waals surface area contributed by atoms with Crippen LogP contribution in [0.15, 0.2) is 66.7 Å². The molecule has 2 amide bonds. The lowest BCUT2D eigenvalue weighted by molar-refractivity contribution is 0.0986. The topological polar surface area (TPSA) is 49.4 Å². The predicted molar refractivity (Wildman–Crippen MR) is 112 cm³/mol. The van der Waals surface area contributed by atoms with Gasteiger partial charge in [0.2, 0.25) is 0 Å². The Morgan fingerprint density at radius 3 is 2.43 bits per heavy atom. The van der Waals surface area contributed by atoms with Crippen LogP contribution in [0.5, 0.6) is 0 Å². The second-order valence-electron chi connectivity index (χ2n) is 6.83. The van der Waals surface area contributed by atoms with E-state index in [0.717, 1.165) is 17.7 Å². The van der Waals surface area contributed by atoms with Gasteiger partial charge < -0.3 is 10.2 Å². The second-order valence-corrected chi connectivity index (χ2v) is 7.26. The van der Waals surface area contributed by atoms with Crippen LogP contribution in [-0.4, -0.2) is 18.4 Å². The van der Waals surface area contributed by atoms with Crippen LogP contribution >= 0.6 is 11.6 Å². The number of hydrogen-bond donors (Lipinski definition) is 1. The molecule has 0 saturated carbocycles. The largest absolute Gasteiger partial charge is 0.322 e. The van der Waals surface area contributed by atoms with Crippen LogP contribution in [0.2, 0.25) is 5.02 Å². The third-order valence-corrected chi connectivity index (χ3v) is 5.20. The van der Waals surface area contributed by atoms with Crippen LogP contribution in [0.1, 0.15) is 31.8 Å². The van der Waals surface area contributed by atoms with Gasteiger partial charge in [-0.3, -0.25) is 9.59 Å². The number of benzene rings is 3. The lowest BCUT2D eigenvalue weighted by Crippen LogP contribution is -2.28. The van der Waals surface area contributed by atoms with E-state index >= 15 is 0 Å². The maximum absolute atomic E-state index is 12.9. The van der Waals surface area contributed by atoms with Gasteiger partial charge in [0, 0.05) is 34.1 Å². The van der Waals surface area contributed by atoms with Crippen LogP contribution in [0, 0.1) is 6.92 Å². The molecule has 1 aliphatic heterocycles. The molecule has 4 nitrogen and oxygen atoms in total. The highest BCUT2D eigenvalue weighted by Gasteiger charge is 2.25. The smallest absolute Gasteiger partial charge is 0.258 e. The third-order valence-electron chi connectivity index (χ3n) is 4.96. The summed E-state index contributed by atoms with van der Waals surface area (Å²) in [5, 5.41) is 3.50. The highest BCUT2D eigenvalue weighted by molar-refractivity contribution is 6.30. The predicted octanol–water partition coefficient (Wildman–Crippen LogP) is 5.10. The normalized spacial score (nSPS) is 12.6. The molecule has 140 valence electrons. The third kappa shape index (κ3) is 3.51. The molecular weight excluding hydrogens is 372 g/mol. The number of anilines is 2. The van der Waals surface area contributed by atoms with Gasteiger partial charge in [0.25, 0.3) is 11.8 Å². The summed E-state index contributed by atoms with van der Waals surface area (Å²) in [6, 6.07) is 20.0. The Bertz CT molecular complexity index is 1060. The van der Waals surface area contributed by atoms with Crippen molar-refractivity contribution >= 4 is 34.8 Å². The summed E-state index contributed by atoms with van der Waals surface area (Å²) >= 11 is 5.95. The highest BCUT2D eigenvalue weighted by Crippen LogP contribution is 2.29. The first kappa shape index (κ1) is 18.3. The average molecular weight is 391 g/mol. The quantitative estimate of drug-likeness (QED) is 0.676. The number of nitrogens with one attached hydrogen (secondary N) is 1. The van der Waals surface area contributed by atoms with Gasteiger partial charge in [-0.2, -0.15) is 0 Å². The summed E-state index contributed by atoms with van der Waals surface area (Å²) in [5.41, 5.74) is 4.81. The van der Waals surface area contributed by atoms with Crippen molar-refractivity contribution in [1.29, 1.82) is 0 Å². The summed E-state index contributed by atoms with van der Waals surface area (Å²) < 4.78 is 0. The Kier molecular flexibility index (Phi) is 4.88. The summed E-state index contributed by atoms with van der Waals surface area (Å²) in [6.45, 7) is 2.56. The van der Waals surface area contributed by atoms with Crippen molar-refractivity contribution in [3.8, 4) is 0 Å². The summed E-state index contributed by atoms with van der Waals surface area (Å²) in [4.78, 5) is 27.2. The lowest BCUT2D eigenvalue weighted by atomic mass is 10.1. The zero-order chi connectivity index (χ0) is 19.7. The summed E-state index contributed by atoms with van der Waals surface area (Å²) in [7, 11) is 0. The fourth-order valence-corrected chi connectivity index (χ4v) is 3.66. The molecule has 0 radical (unpaired) electrons. The first-order valence-corrected chi connectivity index (χ1v) is 9.48. The molecule has 5 heteroatoms. The van der Waals surface area contributed by atoms with Crippen molar-refractivity contribution in [3.05, 3.63) is 94.0 Å². The Hall–Kier alpha value is -3.11. The van der Waals surface area contributed by atoms with Crippen molar-refractivity contribution in [3.63, 3.8) is 0 Å². The molecule has 4 rings (SSSR count). The van der Waals surface area contributed by atoms with Gasteiger partial charge in [-0.05, 0) is 73.0 Å². The number of para-hydroxylation sites is 1. The van der Waals surface area contributed by atoms with Crippen molar-refractivity contribution in [1.82, 2.24) is 0 Å². The number of halogens is 1. The first-order chi connectivity index (χ1) is 13.5. The van der Waals surface area contributed by atoms with Crippen molar-refractivity contribution in [2.24, 2.45) is 0 Å². The molecule has 1 heterocycles. The molecule has 28 heavy (non-hydrogen) atoms. The number of carbonyl (C=O) groups excluding carboxylic acids is 2. The fourth-order valence-electron chi connectivity index (χ4n) is 3.43. The van der Waals surface area contributed by atoms with Crippen LogP contribution in [0.25, 0.3) is 0 Å². The average Bonchev–Trinajstić information content (AvgIpc) is 3.14. The van der Waals surface area contributed by atoms with E-state index in [-0.39, 0.29) is 11.8 Å². The van der Waals surface area contributed by atoms with Crippen LogP contribution in [0.3, 0.4) is 0 Å². The molecule has 3 aromatic rings. The molecule has 0 unspecified atom stereocenters. The highest BCUT2D eigenvalue weighted by atomic mass is 35.5. The minimum Gasteiger partial charge on any atom is -0.322 e. The lowest BCUT2D eigenvalue weighted by Gasteiger charge is -2.17. The number of aryl methyl sites for hydroxylation is 1. The van der Waals surface area contributed by atoms with E-state index < -0.39 is 0 Å². The minimum atomic E-state index is -0.226. The number of amides is 2. The van der Waals surface area contributed by atoms with E-state index in [4.69, 9.17) is 11.6 Å². The summed E-state index contributed by atoms with van der Waals surface area (Å²) in [6.07, 6.45) is 0.864. The van der Waals surface area contributed by atoms with Gasteiger partial charge in [-0.15, -0.1) is 0 Å². The number of hydrogen-bond acceptors (Lipinski definition) is 2. The van der Waals surface area contributed by atoms with Crippen LogP contribution < -0.4 is 10.2 Å². The van der Waals surface area contributed by atoms with Gasteiger partial charge in [0.1, 0.15) is 0 Å². The maximum Gasteiger partial charge on any atom is 0.258 e. The Morgan fingerprint density at radius 2 is 1.68 bits per heavy atom. The Balaban J connectivity index is 1.49. The molecule has 1 N–H and O–H groups in total. The molecule has 0 spiro atoms. The van der Waals surface area contributed by atoms with Crippen LogP contribution in [-0.2, 0) is 6.42 Å². The number of carbonyl (C=O) groups is 2. The zero-order valence-electron chi connectivity index (χ0n) is 15.4. The van der Waals surface area contributed by atoms with E-state index in [9.17, 15) is 9.59 Å². The maximum atomic E-state index is 12.9. The summed E-state index contributed by atoms with van der Waals surface area (Å²) in [5.74, 6) is -0.276. The second kappa shape index (κ2) is 7.49. The monoisotopic (exact) mass is 390 g/mol. The fraction of sp³-hybridized carbons (Fsp3) is 0.130. The molecule has 1 aliphatic rings. The van der Waals surface area contributed by atoms with Crippen LogP contribution in [0.4, 0.5) is 11.4 Å². The van der Waals surface area contributed by atoms with Gasteiger partial charge in [0.05, 0.1) is 0 Å². The van der Waals surface area contributed by atoms with Crippen molar-refractivity contribution in [2.75, 3.05) is 16.8 Å². The first-order valence-electron chi connectivity index (χ1n) is 9.10. The molecule has 0 atom stereocenters. The Labute approximate surface area is 168 Å². The molecule has 0 fully saturated rings. The van der Waals surface area contributed by atoms with Gasteiger partial charge in [-0.1, -0.05) is 29.8 Å². The standard InChI is InChI=1S/C23H19ClN2O2/c1-15-14-19(24)10-11-20(15)25-22(27)17-6-8-18(9-7-17)23(28)26-13-12-16-4-2-3-5-21(16)26/h2-11,14H,12-13H2,1H3,(H,25,27). The molecule has 0 bridgehead atoms. The molecule has 0 aliphatic carbocycles.